The Hall–Kier alpha value is -1.52. The van der Waals surface area contributed by atoms with E-state index in [0.717, 1.165) is 19.3 Å². The van der Waals surface area contributed by atoms with E-state index in [2.05, 4.69) is 24.1 Å². The van der Waals surface area contributed by atoms with Crippen LogP contribution in [0.5, 0.6) is 0 Å². The normalized spacial score (nSPS) is 28.2. The monoisotopic (exact) mass is 268 g/mol. The van der Waals surface area contributed by atoms with Crippen LogP contribution in [0.3, 0.4) is 0 Å². The molecule has 0 aliphatic heterocycles. The highest BCUT2D eigenvalue weighted by Crippen LogP contribution is 2.33. The topological polar surface area (TPSA) is 78.4 Å². The number of carbonyl (C=O) groups is 2. The zero-order valence-corrected chi connectivity index (χ0v) is 11.7. The Morgan fingerprint density at radius 3 is 2.47 bits per heavy atom. The second kappa shape index (κ2) is 6.59. The average Bonchev–Trinajstić information content (AvgIpc) is 2.39. The van der Waals surface area contributed by atoms with Crippen LogP contribution in [0.2, 0.25) is 0 Å². The van der Waals surface area contributed by atoms with Gasteiger partial charge in [-0.3, -0.25) is 0 Å². The van der Waals surface area contributed by atoms with Gasteiger partial charge >= 0.3 is 12.0 Å². The molecule has 0 radical (unpaired) electrons. The minimum Gasteiger partial charge on any atom is -0.480 e. The van der Waals surface area contributed by atoms with Gasteiger partial charge in [-0.1, -0.05) is 19.4 Å². The first-order valence-electron chi connectivity index (χ1n) is 6.88. The number of carboxylic acid groups (broad SMARTS) is 1. The van der Waals surface area contributed by atoms with Crippen molar-refractivity contribution >= 4 is 12.0 Å². The molecule has 0 aromatic carbocycles. The number of hydrogen-bond donors (Lipinski definition) is 3. The largest absolute Gasteiger partial charge is 0.480 e. The third-order valence-corrected chi connectivity index (χ3v) is 4.01. The first-order chi connectivity index (χ1) is 8.93. The third kappa shape index (κ3) is 3.98. The molecule has 2 amide bonds. The number of aliphatic carboxylic acids is 1. The summed E-state index contributed by atoms with van der Waals surface area (Å²) >= 11 is 0. The Bertz CT molecular complexity index is 347. The van der Waals surface area contributed by atoms with E-state index in [0.29, 0.717) is 18.8 Å². The van der Waals surface area contributed by atoms with Crippen molar-refractivity contribution in [1.29, 1.82) is 0 Å². The van der Waals surface area contributed by atoms with Crippen molar-refractivity contribution in [2.75, 3.05) is 0 Å². The van der Waals surface area contributed by atoms with Crippen molar-refractivity contribution in [1.82, 2.24) is 10.6 Å². The van der Waals surface area contributed by atoms with Gasteiger partial charge in [-0.05, 0) is 38.5 Å². The molecule has 1 saturated carbocycles. The third-order valence-electron chi connectivity index (χ3n) is 4.01. The molecule has 0 aromatic rings. The van der Waals surface area contributed by atoms with E-state index in [-0.39, 0.29) is 6.04 Å². The molecular formula is C14H24N2O3. The van der Waals surface area contributed by atoms with E-state index in [1.54, 1.807) is 13.0 Å². The molecule has 1 rings (SSSR count). The van der Waals surface area contributed by atoms with Crippen molar-refractivity contribution in [3.63, 3.8) is 0 Å². The molecular weight excluding hydrogens is 244 g/mol. The molecule has 0 saturated heterocycles. The maximum Gasteiger partial charge on any atom is 0.329 e. The molecule has 1 atom stereocenters. The van der Waals surface area contributed by atoms with E-state index in [1.807, 2.05) is 0 Å². The molecule has 1 unspecified atom stereocenters. The van der Waals surface area contributed by atoms with Crippen LogP contribution in [0.25, 0.3) is 0 Å². The van der Waals surface area contributed by atoms with Crippen molar-refractivity contribution in [3.8, 4) is 0 Å². The fourth-order valence-corrected chi connectivity index (χ4v) is 2.49. The minimum absolute atomic E-state index is 0.183. The molecule has 0 spiro atoms. The summed E-state index contributed by atoms with van der Waals surface area (Å²) < 4.78 is 0. The van der Waals surface area contributed by atoms with E-state index in [4.69, 9.17) is 0 Å². The van der Waals surface area contributed by atoms with Crippen molar-refractivity contribution in [3.05, 3.63) is 12.7 Å². The van der Waals surface area contributed by atoms with Gasteiger partial charge in [-0.15, -0.1) is 6.58 Å². The van der Waals surface area contributed by atoms with Crippen molar-refractivity contribution in [2.45, 2.75) is 57.5 Å². The average molecular weight is 268 g/mol. The summed E-state index contributed by atoms with van der Waals surface area (Å²) in [5.74, 6) is -0.368. The first kappa shape index (κ1) is 15.5. The zero-order valence-electron chi connectivity index (χ0n) is 11.7. The van der Waals surface area contributed by atoms with Crippen LogP contribution >= 0.6 is 0 Å². The van der Waals surface area contributed by atoms with Crippen LogP contribution < -0.4 is 10.6 Å². The fraction of sp³-hybridized carbons (Fsp3) is 0.714. The predicted molar refractivity (Wildman–Crippen MR) is 73.9 cm³/mol. The molecule has 19 heavy (non-hydrogen) atoms. The Morgan fingerprint density at radius 2 is 2.05 bits per heavy atom. The highest BCUT2D eigenvalue weighted by molar-refractivity contribution is 5.86. The second-order valence-electron chi connectivity index (χ2n) is 5.36. The van der Waals surface area contributed by atoms with Crippen LogP contribution in [-0.2, 0) is 4.79 Å². The Labute approximate surface area is 114 Å². The number of hydrogen-bond acceptors (Lipinski definition) is 2. The lowest BCUT2D eigenvalue weighted by atomic mass is 9.75. The summed E-state index contributed by atoms with van der Waals surface area (Å²) in [6.45, 7) is 7.48. The zero-order chi connectivity index (χ0) is 14.5. The molecule has 5 nitrogen and oxygen atoms in total. The summed E-state index contributed by atoms with van der Waals surface area (Å²) in [5.41, 5.74) is -1.11. The van der Waals surface area contributed by atoms with E-state index in [9.17, 15) is 14.7 Å². The fourth-order valence-electron chi connectivity index (χ4n) is 2.49. The van der Waals surface area contributed by atoms with Gasteiger partial charge in [0.15, 0.2) is 0 Å². The highest BCUT2D eigenvalue weighted by atomic mass is 16.4. The Morgan fingerprint density at radius 1 is 1.47 bits per heavy atom. The van der Waals surface area contributed by atoms with E-state index < -0.39 is 17.5 Å². The quantitative estimate of drug-likeness (QED) is 0.669. The maximum absolute atomic E-state index is 11.8. The number of amides is 2. The molecule has 0 bridgehead atoms. The summed E-state index contributed by atoms with van der Waals surface area (Å²) in [4.78, 5) is 23.3. The van der Waals surface area contributed by atoms with Gasteiger partial charge in [-0.25, -0.2) is 9.59 Å². The van der Waals surface area contributed by atoms with Gasteiger partial charge in [0.05, 0.1) is 0 Å². The van der Waals surface area contributed by atoms with Crippen molar-refractivity contribution in [2.24, 2.45) is 5.92 Å². The molecule has 0 aromatic heterocycles. The lowest BCUT2D eigenvalue weighted by Crippen LogP contribution is -2.59. The molecule has 108 valence electrons. The lowest BCUT2D eigenvalue weighted by molar-refractivity contribution is -0.146. The maximum atomic E-state index is 11.8. The number of nitrogens with one attached hydrogen (secondary N) is 2. The highest BCUT2D eigenvalue weighted by Gasteiger charge is 2.42. The van der Waals surface area contributed by atoms with Crippen LogP contribution in [0.1, 0.15) is 46.0 Å². The second-order valence-corrected chi connectivity index (χ2v) is 5.36. The molecule has 1 fully saturated rings. The Balaban J connectivity index is 2.66. The summed E-state index contributed by atoms with van der Waals surface area (Å²) in [7, 11) is 0. The summed E-state index contributed by atoms with van der Waals surface area (Å²) in [6.07, 6.45) is 5.35. The van der Waals surface area contributed by atoms with Gasteiger partial charge in [0.1, 0.15) is 5.54 Å². The number of rotatable bonds is 5. The summed E-state index contributed by atoms with van der Waals surface area (Å²) in [6, 6.07) is -0.623. The Kier molecular flexibility index (Phi) is 5.39. The van der Waals surface area contributed by atoms with Crippen molar-refractivity contribution < 1.29 is 14.7 Å². The molecule has 1 aliphatic carbocycles. The van der Waals surface area contributed by atoms with Crippen LogP contribution in [-0.4, -0.2) is 28.7 Å². The molecule has 1 aliphatic rings. The first-order valence-corrected chi connectivity index (χ1v) is 6.88. The van der Waals surface area contributed by atoms with Gasteiger partial charge in [0.25, 0.3) is 0 Å². The number of carbonyl (C=O) groups excluding carboxylic acids is 1. The minimum atomic E-state index is -1.11. The predicted octanol–water partition coefficient (Wildman–Crippen LogP) is 2.28. The molecule has 3 N–H and O–H groups in total. The van der Waals surface area contributed by atoms with E-state index >= 15 is 0 Å². The summed E-state index contributed by atoms with van der Waals surface area (Å²) in [5, 5.41) is 14.7. The van der Waals surface area contributed by atoms with Gasteiger partial charge < -0.3 is 15.7 Å². The number of carboxylic acids is 1. The van der Waals surface area contributed by atoms with Crippen LogP contribution in [0.15, 0.2) is 12.7 Å². The van der Waals surface area contributed by atoms with Gasteiger partial charge in [-0.2, -0.15) is 0 Å². The van der Waals surface area contributed by atoms with Gasteiger partial charge in [0, 0.05) is 6.04 Å². The number of urea groups is 1. The molecule has 5 heteroatoms. The standard InChI is InChI=1S/C14H24N2O3/c1-4-10(3)15-13(19)16-14(12(17)18)8-6-11(5-2)7-9-14/h4,10-11H,1,5-9H2,2-3H3,(H,17,18)(H2,15,16,19). The smallest absolute Gasteiger partial charge is 0.329 e. The lowest BCUT2D eigenvalue weighted by Gasteiger charge is -2.37. The molecule has 0 heterocycles. The van der Waals surface area contributed by atoms with Gasteiger partial charge in [0.2, 0.25) is 0 Å². The SMILES string of the molecule is C=CC(C)NC(=O)NC1(C(=O)O)CCC(CC)CC1. The van der Waals surface area contributed by atoms with E-state index in [1.165, 1.54) is 0 Å². The van der Waals surface area contributed by atoms with Crippen LogP contribution in [0, 0.1) is 5.92 Å². The van der Waals surface area contributed by atoms with Crippen LogP contribution in [0.4, 0.5) is 4.79 Å².